The van der Waals surface area contributed by atoms with Crippen molar-refractivity contribution in [1.29, 1.82) is 0 Å². The lowest BCUT2D eigenvalue weighted by atomic mass is 9.93. The summed E-state index contributed by atoms with van der Waals surface area (Å²) < 4.78 is 0. The van der Waals surface area contributed by atoms with Gasteiger partial charge in [0, 0.05) is 24.3 Å². The first kappa shape index (κ1) is 13.4. The van der Waals surface area contributed by atoms with Gasteiger partial charge < -0.3 is 10.6 Å². The number of benzene rings is 1. The van der Waals surface area contributed by atoms with Gasteiger partial charge in [-0.2, -0.15) is 0 Å². The van der Waals surface area contributed by atoms with Gasteiger partial charge in [0.2, 0.25) is 0 Å². The average Bonchev–Trinajstić information content (AvgIpc) is 2.27. The minimum Gasteiger partial charge on any atom is -0.371 e. The van der Waals surface area contributed by atoms with Crippen molar-refractivity contribution < 1.29 is 0 Å². The van der Waals surface area contributed by atoms with E-state index in [4.69, 9.17) is 5.73 Å². The second kappa shape index (κ2) is 5.31. The molecule has 0 saturated carbocycles. The number of nitrogens with zero attached hydrogens (tertiary/aromatic N) is 1. The quantitative estimate of drug-likeness (QED) is 0.884. The van der Waals surface area contributed by atoms with E-state index in [0.717, 1.165) is 18.9 Å². The molecule has 1 aromatic rings. The first-order valence-corrected chi connectivity index (χ1v) is 7.07. The molecule has 1 atom stereocenters. The number of rotatable bonds is 4. The number of hydrogen-bond acceptors (Lipinski definition) is 2. The van der Waals surface area contributed by atoms with E-state index in [1.807, 2.05) is 0 Å². The van der Waals surface area contributed by atoms with Crippen LogP contribution in [0.15, 0.2) is 24.3 Å². The van der Waals surface area contributed by atoms with Gasteiger partial charge in [0.1, 0.15) is 0 Å². The number of para-hydroxylation sites is 1. The molecule has 18 heavy (non-hydrogen) atoms. The number of hydrogen-bond donors (Lipinski definition) is 1. The SMILES string of the molecule is CC1Cc2ccccc2N(CCCC(C)(C)N)C1. The van der Waals surface area contributed by atoms with Crippen molar-refractivity contribution in [2.45, 2.75) is 45.6 Å². The van der Waals surface area contributed by atoms with E-state index in [9.17, 15) is 0 Å². The Morgan fingerprint density at radius 3 is 2.78 bits per heavy atom. The first-order chi connectivity index (χ1) is 8.46. The molecule has 1 aliphatic heterocycles. The van der Waals surface area contributed by atoms with Crippen molar-refractivity contribution in [3.8, 4) is 0 Å². The number of nitrogens with two attached hydrogens (primary N) is 1. The van der Waals surface area contributed by atoms with Crippen molar-refractivity contribution in [3.63, 3.8) is 0 Å². The fraction of sp³-hybridized carbons (Fsp3) is 0.625. The zero-order chi connectivity index (χ0) is 13.2. The molecular weight excluding hydrogens is 220 g/mol. The fourth-order valence-electron chi connectivity index (χ4n) is 2.84. The molecule has 2 nitrogen and oxygen atoms in total. The van der Waals surface area contributed by atoms with Crippen LogP contribution in [0.25, 0.3) is 0 Å². The highest BCUT2D eigenvalue weighted by molar-refractivity contribution is 5.55. The molecule has 0 amide bonds. The molecule has 0 spiro atoms. The average molecular weight is 246 g/mol. The van der Waals surface area contributed by atoms with Crippen molar-refractivity contribution in [1.82, 2.24) is 0 Å². The van der Waals surface area contributed by atoms with E-state index < -0.39 is 0 Å². The summed E-state index contributed by atoms with van der Waals surface area (Å²) >= 11 is 0. The summed E-state index contributed by atoms with van der Waals surface area (Å²) in [5.41, 5.74) is 8.95. The van der Waals surface area contributed by atoms with Crippen molar-refractivity contribution >= 4 is 5.69 Å². The second-order valence-electron chi connectivity index (χ2n) is 6.48. The molecule has 0 fully saturated rings. The van der Waals surface area contributed by atoms with Crippen LogP contribution in [0.4, 0.5) is 5.69 Å². The van der Waals surface area contributed by atoms with Crippen LogP contribution in [0.2, 0.25) is 0 Å². The van der Waals surface area contributed by atoms with Gasteiger partial charge in [0.15, 0.2) is 0 Å². The van der Waals surface area contributed by atoms with E-state index in [1.165, 1.54) is 30.6 Å². The molecule has 1 aromatic carbocycles. The molecule has 1 heterocycles. The molecule has 0 radical (unpaired) electrons. The summed E-state index contributed by atoms with van der Waals surface area (Å²) in [6.45, 7) is 8.87. The van der Waals surface area contributed by atoms with E-state index in [-0.39, 0.29) is 5.54 Å². The first-order valence-electron chi connectivity index (χ1n) is 7.07. The van der Waals surface area contributed by atoms with E-state index >= 15 is 0 Å². The van der Waals surface area contributed by atoms with Crippen LogP contribution < -0.4 is 10.6 Å². The summed E-state index contributed by atoms with van der Waals surface area (Å²) in [6, 6.07) is 8.83. The maximum Gasteiger partial charge on any atom is 0.0398 e. The van der Waals surface area contributed by atoms with Gasteiger partial charge in [-0.25, -0.2) is 0 Å². The van der Waals surface area contributed by atoms with Gasteiger partial charge in [0.25, 0.3) is 0 Å². The Labute approximate surface area is 111 Å². The van der Waals surface area contributed by atoms with Crippen molar-refractivity contribution in [2.75, 3.05) is 18.0 Å². The molecule has 0 bridgehead atoms. The van der Waals surface area contributed by atoms with Crippen LogP contribution in [0.5, 0.6) is 0 Å². The van der Waals surface area contributed by atoms with Crippen LogP contribution >= 0.6 is 0 Å². The Bertz CT molecular complexity index is 392. The minimum atomic E-state index is -0.0408. The molecule has 0 aromatic heterocycles. The van der Waals surface area contributed by atoms with Crippen LogP contribution in [-0.2, 0) is 6.42 Å². The molecule has 100 valence electrons. The maximum atomic E-state index is 6.05. The largest absolute Gasteiger partial charge is 0.371 e. The normalized spacial score (nSPS) is 19.8. The molecule has 2 rings (SSSR count). The van der Waals surface area contributed by atoms with Crippen LogP contribution in [0.1, 0.15) is 39.2 Å². The molecule has 1 unspecified atom stereocenters. The zero-order valence-electron chi connectivity index (χ0n) is 11.9. The van der Waals surface area contributed by atoms with Crippen molar-refractivity contribution in [3.05, 3.63) is 29.8 Å². The van der Waals surface area contributed by atoms with Gasteiger partial charge in [-0.3, -0.25) is 0 Å². The highest BCUT2D eigenvalue weighted by Gasteiger charge is 2.21. The maximum absolute atomic E-state index is 6.05. The minimum absolute atomic E-state index is 0.0408. The number of fused-ring (bicyclic) bond motifs is 1. The van der Waals surface area contributed by atoms with Gasteiger partial charge in [-0.05, 0) is 50.7 Å². The third-order valence-electron chi connectivity index (χ3n) is 3.68. The lowest BCUT2D eigenvalue weighted by Gasteiger charge is -2.35. The third kappa shape index (κ3) is 3.49. The predicted octanol–water partition coefficient (Wildman–Crippen LogP) is 3.20. The molecule has 2 N–H and O–H groups in total. The molecule has 0 aliphatic carbocycles. The second-order valence-corrected chi connectivity index (χ2v) is 6.48. The van der Waals surface area contributed by atoms with Gasteiger partial charge in [-0.15, -0.1) is 0 Å². The standard InChI is InChI=1S/C16H26N2/c1-13-11-14-7-4-5-8-15(14)18(12-13)10-6-9-16(2,3)17/h4-5,7-8,13H,6,9-12,17H2,1-3H3. The predicted molar refractivity (Wildman–Crippen MR) is 79.0 cm³/mol. The molecule has 1 aliphatic rings. The van der Waals surface area contributed by atoms with E-state index in [0.29, 0.717) is 0 Å². The smallest absolute Gasteiger partial charge is 0.0398 e. The summed E-state index contributed by atoms with van der Waals surface area (Å²) in [5, 5.41) is 0. The van der Waals surface area contributed by atoms with Crippen molar-refractivity contribution in [2.24, 2.45) is 11.7 Å². The van der Waals surface area contributed by atoms with Crippen LogP contribution in [0, 0.1) is 5.92 Å². The Kier molecular flexibility index (Phi) is 3.96. The van der Waals surface area contributed by atoms with Gasteiger partial charge >= 0.3 is 0 Å². The lowest BCUT2D eigenvalue weighted by Crippen LogP contribution is -2.37. The van der Waals surface area contributed by atoms with Crippen LogP contribution in [-0.4, -0.2) is 18.6 Å². The number of anilines is 1. The Hall–Kier alpha value is -1.02. The highest BCUT2D eigenvalue weighted by atomic mass is 15.1. The Balaban J connectivity index is 2.01. The monoisotopic (exact) mass is 246 g/mol. The fourth-order valence-corrected chi connectivity index (χ4v) is 2.84. The third-order valence-corrected chi connectivity index (χ3v) is 3.68. The Morgan fingerprint density at radius 1 is 1.33 bits per heavy atom. The van der Waals surface area contributed by atoms with E-state index in [1.54, 1.807) is 0 Å². The van der Waals surface area contributed by atoms with Gasteiger partial charge in [0.05, 0.1) is 0 Å². The summed E-state index contributed by atoms with van der Waals surface area (Å²) in [6.07, 6.45) is 3.47. The molecule has 2 heteroatoms. The zero-order valence-corrected chi connectivity index (χ0v) is 11.9. The lowest BCUT2D eigenvalue weighted by molar-refractivity contribution is 0.447. The Morgan fingerprint density at radius 2 is 2.06 bits per heavy atom. The molecular formula is C16H26N2. The summed E-state index contributed by atoms with van der Waals surface area (Å²) in [4.78, 5) is 2.54. The summed E-state index contributed by atoms with van der Waals surface area (Å²) in [5.74, 6) is 0.755. The van der Waals surface area contributed by atoms with Gasteiger partial charge in [-0.1, -0.05) is 25.1 Å². The van der Waals surface area contributed by atoms with E-state index in [2.05, 4.69) is 49.9 Å². The topological polar surface area (TPSA) is 29.3 Å². The summed E-state index contributed by atoms with van der Waals surface area (Å²) in [7, 11) is 0. The molecule has 0 saturated heterocycles. The van der Waals surface area contributed by atoms with Crippen LogP contribution in [0.3, 0.4) is 0 Å². The highest BCUT2D eigenvalue weighted by Crippen LogP contribution is 2.29.